The Morgan fingerprint density at radius 1 is 1.04 bits per heavy atom. The van der Waals surface area contributed by atoms with E-state index in [4.69, 9.17) is 0 Å². The Labute approximate surface area is 149 Å². The molecule has 1 aliphatic carbocycles. The highest BCUT2D eigenvalue weighted by atomic mass is 16.2. The molecule has 5 nitrogen and oxygen atoms in total. The number of hydrogen-bond donors (Lipinski definition) is 2. The Morgan fingerprint density at radius 2 is 1.80 bits per heavy atom. The summed E-state index contributed by atoms with van der Waals surface area (Å²) < 4.78 is 0. The smallest absolute Gasteiger partial charge is 0.251 e. The van der Waals surface area contributed by atoms with E-state index in [1.54, 1.807) is 0 Å². The van der Waals surface area contributed by atoms with Crippen LogP contribution in [0.25, 0.3) is 0 Å². The van der Waals surface area contributed by atoms with Crippen LogP contribution in [0.15, 0.2) is 18.2 Å². The molecular formula is C20H27N3O2. The molecule has 2 fully saturated rings. The number of hydrogen-bond acceptors (Lipinski definition) is 3. The number of piperidine rings is 1. The van der Waals surface area contributed by atoms with E-state index in [9.17, 15) is 9.59 Å². The molecule has 25 heavy (non-hydrogen) atoms. The molecule has 0 spiro atoms. The zero-order valence-corrected chi connectivity index (χ0v) is 14.7. The van der Waals surface area contributed by atoms with Gasteiger partial charge in [-0.15, -0.1) is 0 Å². The minimum Gasteiger partial charge on any atom is -0.358 e. The number of anilines is 2. The van der Waals surface area contributed by atoms with Gasteiger partial charge in [-0.3, -0.25) is 9.59 Å². The van der Waals surface area contributed by atoms with Gasteiger partial charge in [0.25, 0.3) is 5.91 Å². The molecular weight excluding hydrogens is 314 g/mol. The van der Waals surface area contributed by atoms with E-state index in [1.165, 1.54) is 25.7 Å². The third kappa shape index (κ3) is 3.37. The summed E-state index contributed by atoms with van der Waals surface area (Å²) in [5.74, 6) is 0.0400. The number of carbonyl (C=O) groups excluding carboxylic acids is 2. The fourth-order valence-electron chi connectivity index (χ4n) is 4.43. The average molecular weight is 341 g/mol. The molecule has 0 radical (unpaired) electrons. The van der Waals surface area contributed by atoms with Crippen molar-refractivity contribution in [1.82, 2.24) is 5.32 Å². The predicted octanol–water partition coefficient (Wildman–Crippen LogP) is 3.45. The third-order valence-electron chi connectivity index (χ3n) is 5.82. The summed E-state index contributed by atoms with van der Waals surface area (Å²) >= 11 is 0. The van der Waals surface area contributed by atoms with Crippen molar-refractivity contribution in [1.29, 1.82) is 0 Å². The second-order valence-electron chi connectivity index (χ2n) is 7.59. The molecule has 4 rings (SSSR count). The van der Waals surface area contributed by atoms with Crippen LogP contribution in [0.3, 0.4) is 0 Å². The molecule has 0 aromatic heterocycles. The SMILES string of the molecule is O=C(NC1CCCCCC1)c1ccc2c(c1)NC(=O)[C@H]1CCCCN21. The van der Waals surface area contributed by atoms with Crippen LogP contribution in [-0.4, -0.2) is 30.4 Å². The molecule has 2 aliphatic heterocycles. The number of nitrogens with one attached hydrogen (secondary N) is 2. The Bertz CT molecular complexity index is 665. The Balaban J connectivity index is 1.51. The monoisotopic (exact) mass is 341 g/mol. The van der Waals surface area contributed by atoms with E-state index >= 15 is 0 Å². The molecule has 0 unspecified atom stereocenters. The van der Waals surface area contributed by atoms with Gasteiger partial charge in [-0.2, -0.15) is 0 Å². The summed E-state index contributed by atoms with van der Waals surface area (Å²) in [6, 6.07) is 5.96. The molecule has 5 heteroatoms. The average Bonchev–Trinajstić information content (AvgIpc) is 2.90. The molecule has 2 amide bonds. The van der Waals surface area contributed by atoms with E-state index in [-0.39, 0.29) is 23.9 Å². The molecule has 3 aliphatic rings. The molecule has 0 bridgehead atoms. The quantitative estimate of drug-likeness (QED) is 0.810. The van der Waals surface area contributed by atoms with Gasteiger partial charge >= 0.3 is 0 Å². The Morgan fingerprint density at radius 3 is 2.60 bits per heavy atom. The highest BCUT2D eigenvalue weighted by Gasteiger charge is 2.34. The minimum atomic E-state index is -0.0492. The summed E-state index contributed by atoms with van der Waals surface area (Å²) in [4.78, 5) is 27.2. The lowest BCUT2D eigenvalue weighted by molar-refractivity contribution is -0.118. The van der Waals surface area contributed by atoms with Crippen molar-refractivity contribution in [3.8, 4) is 0 Å². The maximum absolute atomic E-state index is 12.6. The molecule has 1 aromatic carbocycles. The van der Waals surface area contributed by atoms with Gasteiger partial charge in [0, 0.05) is 18.2 Å². The Kier molecular flexibility index (Phi) is 4.64. The van der Waals surface area contributed by atoms with Crippen LogP contribution >= 0.6 is 0 Å². The standard InChI is InChI=1S/C20H27N3O2/c24-19(21-15-7-3-1-2-4-8-15)14-10-11-17-16(13-14)22-20(25)18-9-5-6-12-23(17)18/h10-11,13,15,18H,1-9,12H2,(H,21,24)(H,22,25)/t18-/m1/s1. The first-order chi connectivity index (χ1) is 12.2. The summed E-state index contributed by atoms with van der Waals surface area (Å²) in [7, 11) is 0. The maximum atomic E-state index is 12.6. The highest BCUT2D eigenvalue weighted by Crippen LogP contribution is 2.36. The maximum Gasteiger partial charge on any atom is 0.251 e. The van der Waals surface area contributed by atoms with Crippen molar-refractivity contribution in [2.75, 3.05) is 16.8 Å². The lowest BCUT2D eigenvalue weighted by atomic mass is 9.96. The summed E-state index contributed by atoms with van der Waals surface area (Å²) in [6.45, 7) is 0.915. The number of nitrogens with zero attached hydrogens (tertiary/aromatic N) is 1. The summed E-state index contributed by atoms with van der Waals surface area (Å²) in [5, 5.41) is 6.19. The molecule has 2 N–H and O–H groups in total. The molecule has 1 atom stereocenters. The van der Waals surface area contributed by atoms with E-state index in [2.05, 4.69) is 15.5 Å². The van der Waals surface area contributed by atoms with E-state index in [1.807, 2.05) is 18.2 Å². The fourth-order valence-corrected chi connectivity index (χ4v) is 4.43. The van der Waals surface area contributed by atoms with Gasteiger partial charge < -0.3 is 15.5 Å². The number of amides is 2. The number of benzene rings is 1. The van der Waals surface area contributed by atoms with Gasteiger partial charge in [0.05, 0.1) is 11.4 Å². The lowest BCUT2D eigenvalue weighted by Gasteiger charge is -2.41. The Hall–Kier alpha value is -2.04. The number of carbonyl (C=O) groups is 2. The molecule has 1 saturated heterocycles. The van der Waals surface area contributed by atoms with Gasteiger partial charge in [0.2, 0.25) is 5.91 Å². The summed E-state index contributed by atoms with van der Waals surface area (Å²) in [6.07, 6.45) is 10.2. The normalized spacial score (nSPS) is 23.9. The first-order valence-corrected chi connectivity index (χ1v) is 9.75. The third-order valence-corrected chi connectivity index (χ3v) is 5.82. The van der Waals surface area contributed by atoms with Gasteiger partial charge in [-0.25, -0.2) is 0 Å². The van der Waals surface area contributed by atoms with Crippen molar-refractivity contribution in [3.05, 3.63) is 23.8 Å². The van der Waals surface area contributed by atoms with Crippen molar-refractivity contribution < 1.29 is 9.59 Å². The second kappa shape index (κ2) is 7.06. The number of rotatable bonds is 2. The van der Waals surface area contributed by atoms with Crippen molar-refractivity contribution in [2.45, 2.75) is 69.9 Å². The zero-order chi connectivity index (χ0) is 17.2. The minimum absolute atomic E-state index is 0.0234. The second-order valence-corrected chi connectivity index (χ2v) is 7.59. The molecule has 134 valence electrons. The fraction of sp³-hybridized carbons (Fsp3) is 0.600. The van der Waals surface area contributed by atoms with Crippen molar-refractivity contribution in [2.24, 2.45) is 0 Å². The van der Waals surface area contributed by atoms with E-state index in [0.29, 0.717) is 5.56 Å². The molecule has 2 heterocycles. The van der Waals surface area contributed by atoms with Gasteiger partial charge in [-0.1, -0.05) is 25.7 Å². The van der Waals surface area contributed by atoms with Crippen molar-refractivity contribution in [3.63, 3.8) is 0 Å². The van der Waals surface area contributed by atoms with Crippen LogP contribution in [-0.2, 0) is 4.79 Å². The van der Waals surface area contributed by atoms with E-state index in [0.717, 1.165) is 50.0 Å². The molecule has 1 aromatic rings. The van der Waals surface area contributed by atoms with Crippen LogP contribution in [0.2, 0.25) is 0 Å². The van der Waals surface area contributed by atoms with Crippen LogP contribution in [0, 0.1) is 0 Å². The topological polar surface area (TPSA) is 61.4 Å². The van der Waals surface area contributed by atoms with Gasteiger partial charge in [0.15, 0.2) is 0 Å². The first-order valence-electron chi connectivity index (χ1n) is 9.75. The van der Waals surface area contributed by atoms with Crippen LogP contribution < -0.4 is 15.5 Å². The van der Waals surface area contributed by atoms with Gasteiger partial charge in [-0.05, 0) is 50.3 Å². The zero-order valence-electron chi connectivity index (χ0n) is 14.7. The highest BCUT2D eigenvalue weighted by molar-refractivity contribution is 6.05. The van der Waals surface area contributed by atoms with Crippen LogP contribution in [0.5, 0.6) is 0 Å². The largest absolute Gasteiger partial charge is 0.358 e. The number of fused-ring (bicyclic) bond motifs is 3. The molecule has 1 saturated carbocycles. The van der Waals surface area contributed by atoms with E-state index < -0.39 is 0 Å². The van der Waals surface area contributed by atoms with Crippen LogP contribution in [0.1, 0.15) is 68.1 Å². The summed E-state index contributed by atoms with van der Waals surface area (Å²) in [5.41, 5.74) is 2.46. The lowest BCUT2D eigenvalue weighted by Crippen LogP contribution is -2.50. The predicted molar refractivity (Wildman–Crippen MR) is 99.0 cm³/mol. The van der Waals surface area contributed by atoms with Crippen LogP contribution in [0.4, 0.5) is 11.4 Å². The first kappa shape index (κ1) is 16.4. The van der Waals surface area contributed by atoms with Gasteiger partial charge in [0.1, 0.15) is 6.04 Å². The van der Waals surface area contributed by atoms with Crippen molar-refractivity contribution >= 4 is 23.2 Å².